The zero-order valence-corrected chi connectivity index (χ0v) is 10.8. The lowest BCUT2D eigenvalue weighted by Crippen LogP contribution is -2.45. The van der Waals surface area contributed by atoms with Crippen LogP contribution in [0.25, 0.3) is 0 Å². The number of nitrogens with two attached hydrogens (primary N) is 1. The van der Waals surface area contributed by atoms with Gasteiger partial charge < -0.3 is 20.3 Å². The minimum atomic E-state index is -1.06. The number of hydrogen-bond acceptors (Lipinski definition) is 4. The Balaban J connectivity index is 2.05. The summed E-state index contributed by atoms with van der Waals surface area (Å²) < 4.78 is 1.84. The summed E-state index contributed by atoms with van der Waals surface area (Å²) in [4.78, 5) is 28.7. The Hall–Kier alpha value is -1.89. The van der Waals surface area contributed by atoms with E-state index in [1.165, 1.54) is 0 Å². The van der Waals surface area contributed by atoms with Gasteiger partial charge in [-0.2, -0.15) is 0 Å². The van der Waals surface area contributed by atoms with Gasteiger partial charge in [0.05, 0.1) is 19.0 Å². The lowest BCUT2D eigenvalue weighted by Gasteiger charge is -2.24. The predicted octanol–water partition coefficient (Wildman–Crippen LogP) is -0.287. The molecule has 1 aliphatic rings. The zero-order valence-electron chi connectivity index (χ0n) is 10.8. The molecule has 0 aliphatic heterocycles. The molecule has 1 aromatic rings. The molecule has 0 aromatic carbocycles. The molecule has 0 saturated heterocycles. The number of rotatable bonds is 6. The molecule has 0 radical (unpaired) electrons. The molecule has 104 valence electrons. The van der Waals surface area contributed by atoms with Crippen molar-refractivity contribution < 1.29 is 14.7 Å². The maximum atomic E-state index is 12.2. The first-order valence-electron chi connectivity index (χ1n) is 6.23. The summed E-state index contributed by atoms with van der Waals surface area (Å²) in [6.07, 6.45) is 5.01. The van der Waals surface area contributed by atoms with Crippen molar-refractivity contribution >= 4 is 11.9 Å². The third kappa shape index (κ3) is 3.31. The van der Waals surface area contributed by atoms with E-state index in [1.54, 1.807) is 11.1 Å². The van der Waals surface area contributed by atoms with Crippen LogP contribution in [0.5, 0.6) is 0 Å². The van der Waals surface area contributed by atoms with Gasteiger partial charge in [0.15, 0.2) is 0 Å². The van der Waals surface area contributed by atoms with Crippen LogP contribution in [0.15, 0.2) is 12.4 Å². The Bertz CT molecular complexity index is 481. The van der Waals surface area contributed by atoms with E-state index < -0.39 is 12.0 Å². The SMILES string of the molecule is Cn1ccnc1CN(C(=O)C(N)CC(=O)O)C1CC1. The number of imidazole rings is 1. The molecule has 0 spiro atoms. The monoisotopic (exact) mass is 266 g/mol. The quantitative estimate of drug-likeness (QED) is 0.737. The van der Waals surface area contributed by atoms with E-state index in [9.17, 15) is 9.59 Å². The van der Waals surface area contributed by atoms with Gasteiger partial charge in [-0.3, -0.25) is 9.59 Å². The molecule has 1 unspecified atom stereocenters. The highest BCUT2D eigenvalue weighted by Crippen LogP contribution is 2.28. The molecule has 0 bridgehead atoms. The van der Waals surface area contributed by atoms with Crippen LogP contribution in [-0.4, -0.2) is 43.5 Å². The Kier molecular flexibility index (Phi) is 3.84. The van der Waals surface area contributed by atoms with Gasteiger partial charge in [-0.25, -0.2) is 4.98 Å². The first-order valence-corrected chi connectivity index (χ1v) is 6.23. The lowest BCUT2D eigenvalue weighted by atomic mass is 10.2. The Morgan fingerprint density at radius 1 is 1.63 bits per heavy atom. The number of aromatic nitrogens is 2. The van der Waals surface area contributed by atoms with Crippen LogP contribution >= 0.6 is 0 Å². The van der Waals surface area contributed by atoms with Crippen molar-refractivity contribution in [2.75, 3.05) is 0 Å². The lowest BCUT2D eigenvalue weighted by molar-refractivity contribution is -0.142. The average Bonchev–Trinajstić information content (AvgIpc) is 3.09. The van der Waals surface area contributed by atoms with E-state index >= 15 is 0 Å². The molecule has 1 amide bonds. The smallest absolute Gasteiger partial charge is 0.305 e. The van der Waals surface area contributed by atoms with E-state index in [0.717, 1.165) is 18.7 Å². The minimum Gasteiger partial charge on any atom is -0.481 e. The van der Waals surface area contributed by atoms with Crippen molar-refractivity contribution in [2.45, 2.75) is 37.9 Å². The summed E-state index contributed by atoms with van der Waals surface area (Å²) in [6, 6.07) is -0.817. The van der Waals surface area contributed by atoms with E-state index in [2.05, 4.69) is 4.98 Å². The summed E-state index contributed by atoms with van der Waals surface area (Å²) in [6.45, 7) is 0.375. The molecular formula is C12H18N4O3. The van der Waals surface area contributed by atoms with E-state index in [-0.39, 0.29) is 18.4 Å². The molecule has 1 fully saturated rings. The molecule has 1 aliphatic carbocycles. The third-order valence-corrected chi connectivity index (χ3v) is 3.22. The molecule has 2 rings (SSSR count). The topological polar surface area (TPSA) is 101 Å². The Labute approximate surface area is 111 Å². The molecule has 1 atom stereocenters. The van der Waals surface area contributed by atoms with Gasteiger partial charge in [0.25, 0.3) is 0 Å². The van der Waals surface area contributed by atoms with E-state index in [0.29, 0.717) is 6.54 Å². The van der Waals surface area contributed by atoms with Crippen LogP contribution in [0, 0.1) is 0 Å². The number of carbonyl (C=O) groups excluding carboxylic acids is 1. The van der Waals surface area contributed by atoms with Crippen molar-refractivity contribution in [3.63, 3.8) is 0 Å². The first-order chi connectivity index (χ1) is 8.99. The number of hydrogen-bond donors (Lipinski definition) is 2. The van der Waals surface area contributed by atoms with Gasteiger partial charge in [-0.05, 0) is 12.8 Å². The maximum absolute atomic E-state index is 12.2. The summed E-state index contributed by atoms with van der Waals surface area (Å²) in [5, 5.41) is 8.70. The van der Waals surface area contributed by atoms with Crippen molar-refractivity contribution in [2.24, 2.45) is 12.8 Å². The molecular weight excluding hydrogens is 248 g/mol. The number of carboxylic acids is 1. The summed E-state index contributed by atoms with van der Waals surface area (Å²) in [5.41, 5.74) is 5.65. The van der Waals surface area contributed by atoms with Crippen LogP contribution in [0.1, 0.15) is 25.1 Å². The number of carboxylic acid groups (broad SMARTS) is 1. The van der Waals surface area contributed by atoms with Crippen LogP contribution < -0.4 is 5.73 Å². The molecule has 7 heteroatoms. The van der Waals surface area contributed by atoms with E-state index in [4.69, 9.17) is 10.8 Å². The second-order valence-electron chi connectivity index (χ2n) is 4.86. The van der Waals surface area contributed by atoms with Gasteiger partial charge in [-0.15, -0.1) is 0 Å². The molecule has 19 heavy (non-hydrogen) atoms. The normalized spacial score (nSPS) is 16.1. The predicted molar refractivity (Wildman–Crippen MR) is 67.0 cm³/mol. The van der Waals surface area contributed by atoms with Crippen molar-refractivity contribution in [1.29, 1.82) is 0 Å². The molecule has 1 aromatic heterocycles. The largest absolute Gasteiger partial charge is 0.481 e. The highest BCUT2D eigenvalue weighted by atomic mass is 16.4. The summed E-state index contributed by atoms with van der Waals surface area (Å²) in [7, 11) is 1.86. The van der Waals surface area contributed by atoms with Gasteiger partial charge >= 0.3 is 5.97 Å². The average molecular weight is 266 g/mol. The Morgan fingerprint density at radius 2 is 2.32 bits per heavy atom. The van der Waals surface area contributed by atoms with Crippen LogP contribution in [0.3, 0.4) is 0 Å². The van der Waals surface area contributed by atoms with Gasteiger partial charge in [0.2, 0.25) is 5.91 Å². The zero-order chi connectivity index (χ0) is 14.0. The molecule has 3 N–H and O–H groups in total. The molecule has 7 nitrogen and oxygen atoms in total. The van der Waals surface area contributed by atoms with Crippen molar-refractivity contribution in [3.05, 3.63) is 18.2 Å². The summed E-state index contributed by atoms with van der Waals surface area (Å²) >= 11 is 0. The van der Waals surface area contributed by atoms with Gasteiger partial charge in [0, 0.05) is 25.5 Å². The number of aryl methyl sites for hydroxylation is 1. The van der Waals surface area contributed by atoms with Crippen molar-refractivity contribution in [3.8, 4) is 0 Å². The van der Waals surface area contributed by atoms with Crippen molar-refractivity contribution in [1.82, 2.24) is 14.5 Å². The summed E-state index contributed by atoms with van der Waals surface area (Å²) in [5.74, 6) is -0.607. The number of nitrogens with zero attached hydrogens (tertiary/aromatic N) is 3. The maximum Gasteiger partial charge on any atom is 0.305 e. The number of carbonyl (C=O) groups is 2. The molecule has 1 saturated carbocycles. The third-order valence-electron chi connectivity index (χ3n) is 3.22. The highest BCUT2D eigenvalue weighted by molar-refractivity contribution is 5.86. The highest BCUT2D eigenvalue weighted by Gasteiger charge is 2.35. The van der Waals surface area contributed by atoms with Crippen LogP contribution in [0.2, 0.25) is 0 Å². The molecule has 1 heterocycles. The number of aliphatic carboxylic acids is 1. The van der Waals surface area contributed by atoms with E-state index in [1.807, 2.05) is 17.8 Å². The first kappa shape index (κ1) is 13.5. The Morgan fingerprint density at radius 3 is 2.79 bits per heavy atom. The second-order valence-corrected chi connectivity index (χ2v) is 4.86. The second kappa shape index (κ2) is 5.40. The van der Waals surface area contributed by atoms with Crippen LogP contribution in [-0.2, 0) is 23.2 Å². The fourth-order valence-corrected chi connectivity index (χ4v) is 1.96. The number of amides is 1. The van der Waals surface area contributed by atoms with Gasteiger partial charge in [0.1, 0.15) is 5.82 Å². The fourth-order valence-electron chi connectivity index (χ4n) is 1.96. The van der Waals surface area contributed by atoms with Crippen LogP contribution in [0.4, 0.5) is 0 Å². The standard InChI is InChI=1S/C12H18N4O3/c1-15-5-4-14-10(15)7-16(8-2-3-8)12(19)9(13)6-11(17)18/h4-5,8-9H,2-3,6-7,13H2,1H3,(H,17,18). The minimum absolute atomic E-state index is 0.170. The fraction of sp³-hybridized carbons (Fsp3) is 0.583. The van der Waals surface area contributed by atoms with Gasteiger partial charge in [-0.1, -0.05) is 0 Å².